The van der Waals surface area contributed by atoms with Gasteiger partial charge in [-0.05, 0) is 25.0 Å². The van der Waals surface area contributed by atoms with Gasteiger partial charge in [-0.3, -0.25) is 19.8 Å². The van der Waals surface area contributed by atoms with E-state index >= 15 is 0 Å². The Labute approximate surface area is 117 Å². The highest BCUT2D eigenvalue weighted by molar-refractivity contribution is 5.92. The summed E-state index contributed by atoms with van der Waals surface area (Å²) in [6, 6.07) is 5.65. The third kappa shape index (κ3) is 2.92. The first-order valence-corrected chi connectivity index (χ1v) is 7.17. The van der Waals surface area contributed by atoms with Crippen molar-refractivity contribution in [3.63, 3.8) is 0 Å². The molecule has 2 aromatic rings. The van der Waals surface area contributed by atoms with E-state index in [0.29, 0.717) is 16.8 Å². The number of fused-ring (bicyclic) bond motifs is 1. The van der Waals surface area contributed by atoms with Crippen LogP contribution in [0.5, 0.6) is 0 Å². The molecule has 20 heavy (non-hydrogen) atoms. The van der Waals surface area contributed by atoms with Crippen molar-refractivity contribution >= 4 is 16.5 Å². The van der Waals surface area contributed by atoms with Gasteiger partial charge in [0.1, 0.15) is 0 Å². The number of anilines is 1. The number of hydrogen-bond donors (Lipinski definition) is 3. The third-order valence-corrected chi connectivity index (χ3v) is 3.46. The van der Waals surface area contributed by atoms with Gasteiger partial charge in [0.05, 0.1) is 10.8 Å². The van der Waals surface area contributed by atoms with E-state index in [1.807, 2.05) is 6.07 Å². The van der Waals surface area contributed by atoms with Gasteiger partial charge in [-0.15, -0.1) is 0 Å². The predicted molar refractivity (Wildman–Crippen MR) is 82.4 cm³/mol. The van der Waals surface area contributed by atoms with Crippen molar-refractivity contribution < 1.29 is 0 Å². The van der Waals surface area contributed by atoms with Crippen molar-refractivity contribution in [2.24, 2.45) is 0 Å². The molecule has 0 aliphatic rings. The minimum absolute atomic E-state index is 0.269. The molecule has 2 rings (SSSR count). The molecular formula is C15H21N3O2. The fourth-order valence-corrected chi connectivity index (χ4v) is 2.56. The number of rotatable bonds is 6. The maximum Gasteiger partial charge on any atom is 0.272 e. The lowest BCUT2D eigenvalue weighted by Crippen LogP contribution is -2.23. The molecule has 0 atom stereocenters. The van der Waals surface area contributed by atoms with Gasteiger partial charge in [-0.25, -0.2) is 0 Å². The van der Waals surface area contributed by atoms with Crippen LogP contribution in [-0.4, -0.2) is 16.2 Å². The molecule has 0 saturated carbocycles. The molecule has 0 fully saturated rings. The topological polar surface area (TPSA) is 77.8 Å². The summed E-state index contributed by atoms with van der Waals surface area (Å²) in [5.41, 5.74) is 0.196. The zero-order valence-electron chi connectivity index (χ0n) is 12.0. The molecular weight excluding hydrogens is 254 g/mol. The molecule has 0 unspecified atom stereocenters. The van der Waals surface area contributed by atoms with Crippen LogP contribution in [0.3, 0.4) is 0 Å². The molecule has 5 nitrogen and oxygen atoms in total. The molecule has 1 aromatic heterocycles. The summed E-state index contributed by atoms with van der Waals surface area (Å²) >= 11 is 0. The molecule has 1 heterocycles. The monoisotopic (exact) mass is 275 g/mol. The fraction of sp³-hybridized carbons (Fsp3) is 0.467. The Morgan fingerprint density at radius 3 is 2.35 bits per heavy atom. The lowest BCUT2D eigenvalue weighted by Gasteiger charge is -2.19. The highest BCUT2D eigenvalue weighted by atomic mass is 16.1. The Balaban J connectivity index is 2.46. The van der Waals surface area contributed by atoms with E-state index in [1.165, 1.54) is 0 Å². The average molecular weight is 275 g/mol. The Kier molecular flexibility index (Phi) is 4.61. The SMILES string of the molecule is CCCC(CCC)Nc1cccc2c(=O)[nH][nH]c(=O)c12. The summed E-state index contributed by atoms with van der Waals surface area (Å²) in [5.74, 6) is 0. The highest BCUT2D eigenvalue weighted by Crippen LogP contribution is 2.20. The molecule has 3 N–H and O–H groups in total. The van der Waals surface area contributed by atoms with Gasteiger partial charge in [-0.2, -0.15) is 0 Å². The summed E-state index contributed by atoms with van der Waals surface area (Å²) in [7, 11) is 0. The molecule has 108 valence electrons. The Hall–Kier alpha value is -2.04. The third-order valence-electron chi connectivity index (χ3n) is 3.46. The number of nitrogens with one attached hydrogen (secondary N) is 3. The van der Waals surface area contributed by atoms with Crippen LogP contribution in [0.25, 0.3) is 10.8 Å². The second kappa shape index (κ2) is 6.41. The van der Waals surface area contributed by atoms with E-state index in [0.717, 1.165) is 31.4 Å². The molecule has 5 heteroatoms. The number of H-pyrrole nitrogens is 2. The van der Waals surface area contributed by atoms with Crippen LogP contribution in [0, 0.1) is 0 Å². The first kappa shape index (κ1) is 14.4. The maximum absolute atomic E-state index is 12.0. The minimum Gasteiger partial charge on any atom is -0.382 e. The van der Waals surface area contributed by atoms with E-state index < -0.39 is 0 Å². The van der Waals surface area contributed by atoms with Crippen molar-refractivity contribution in [2.75, 3.05) is 5.32 Å². The van der Waals surface area contributed by atoms with E-state index in [-0.39, 0.29) is 11.1 Å². The van der Waals surface area contributed by atoms with Crippen molar-refractivity contribution in [3.05, 3.63) is 38.9 Å². The van der Waals surface area contributed by atoms with Gasteiger partial charge in [0.25, 0.3) is 11.1 Å². The van der Waals surface area contributed by atoms with E-state index in [1.54, 1.807) is 12.1 Å². The molecule has 0 aliphatic heterocycles. The van der Waals surface area contributed by atoms with Gasteiger partial charge < -0.3 is 5.32 Å². The Bertz CT molecular complexity index is 681. The largest absolute Gasteiger partial charge is 0.382 e. The molecule has 0 bridgehead atoms. The quantitative estimate of drug-likeness (QED) is 0.758. The normalized spacial score (nSPS) is 11.2. The average Bonchev–Trinajstić information content (AvgIpc) is 2.44. The molecule has 0 aliphatic carbocycles. The van der Waals surface area contributed by atoms with Crippen LogP contribution >= 0.6 is 0 Å². The smallest absolute Gasteiger partial charge is 0.272 e. The molecule has 1 aromatic carbocycles. The van der Waals surface area contributed by atoms with Crippen LogP contribution in [-0.2, 0) is 0 Å². The summed E-state index contributed by atoms with van der Waals surface area (Å²) < 4.78 is 0. The zero-order chi connectivity index (χ0) is 14.5. The lowest BCUT2D eigenvalue weighted by atomic mass is 10.1. The van der Waals surface area contributed by atoms with Gasteiger partial charge in [0.2, 0.25) is 0 Å². The number of aromatic amines is 2. The summed E-state index contributed by atoms with van der Waals surface area (Å²) in [5, 5.41) is 9.02. The summed E-state index contributed by atoms with van der Waals surface area (Å²) in [6.07, 6.45) is 4.26. The van der Waals surface area contributed by atoms with Crippen LogP contribution in [0.15, 0.2) is 27.8 Å². The number of benzene rings is 1. The van der Waals surface area contributed by atoms with Crippen molar-refractivity contribution in [1.82, 2.24) is 10.2 Å². The Morgan fingerprint density at radius 1 is 1.05 bits per heavy atom. The lowest BCUT2D eigenvalue weighted by molar-refractivity contribution is 0.587. The summed E-state index contributed by atoms with van der Waals surface area (Å²) in [4.78, 5) is 23.8. The van der Waals surface area contributed by atoms with Crippen LogP contribution in [0.1, 0.15) is 39.5 Å². The van der Waals surface area contributed by atoms with Gasteiger partial charge in [0.15, 0.2) is 0 Å². The number of hydrogen-bond acceptors (Lipinski definition) is 3. The summed E-state index contributed by atoms with van der Waals surface area (Å²) in [6.45, 7) is 4.29. The van der Waals surface area contributed by atoms with Crippen molar-refractivity contribution in [2.45, 2.75) is 45.6 Å². The molecule has 0 spiro atoms. The van der Waals surface area contributed by atoms with Crippen molar-refractivity contribution in [1.29, 1.82) is 0 Å². The van der Waals surface area contributed by atoms with Gasteiger partial charge in [-0.1, -0.05) is 32.8 Å². The first-order valence-electron chi connectivity index (χ1n) is 7.17. The van der Waals surface area contributed by atoms with Gasteiger partial charge in [0, 0.05) is 11.7 Å². The van der Waals surface area contributed by atoms with Crippen molar-refractivity contribution in [3.8, 4) is 0 Å². The molecule has 0 saturated heterocycles. The zero-order valence-corrected chi connectivity index (χ0v) is 12.0. The second-order valence-corrected chi connectivity index (χ2v) is 5.05. The standard InChI is InChI=1S/C15H21N3O2/c1-3-6-10(7-4-2)16-12-9-5-8-11-13(12)15(20)18-17-14(11)19/h5,8-10,16H,3-4,6-7H2,1-2H3,(H,17,19)(H,18,20). The minimum atomic E-state index is -0.272. The fourth-order valence-electron chi connectivity index (χ4n) is 2.56. The van der Waals surface area contributed by atoms with Crippen LogP contribution in [0.2, 0.25) is 0 Å². The van der Waals surface area contributed by atoms with Crippen LogP contribution in [0.4, 0.5) is 5.69 Å². The van der Waals surface area contributed by atoms with E-state index in [4.69, 9.17) is 0 Å². The highest BCUT2D eigenvalue weighted by Gasteiger charge is 2.12. The number of aromatic nitrogens is 2. The van der Waals surface area contributed by atoms with E-state index in [2.05, 4.69) is 29.4 Å². The van der Waals surface area contributed by atoms with Crippen LogP contribution < -0.4 is 16.4 Å². The second-order valence-electron chi connectivity index (χ2n) is 5.05. The first-order chi connectivity index (χ1) is 9.67. The maximum atomic E-state index is 12.0. The molecule has 0 radical (unpaired) electrons. The Morgan fingerprint density at radius 2 is 1.70 bits per heavy atom. The predicted octanol–water partition coefficient (Wildman–Crippen LogP) is 2.60. The van der Waals surface area contributed by atoms with Gasteiger partial charge >= 0.3 is 0 Å². The molecule has 0 amide bonds. The van der Waals surface area contributed by atoms with E-state index in [9.17, 15) is 9.59 Å².